The lowest BCUT2D eigenvalue weighted by atomic mass is 10.0. The van der Waals surface area contributed by atoms with Crippen LogP contribution in [0.5, 0.6) is 0 Å². The Morgan fingerprint density at radius 1 is 0.466 bits per heavy atom. The van der Waals surface area contributed by atoms with Crippen molar-refractivity contribution in [2.45, 2.75) is 296 Å². The smallest absolute Gasteiger partial charge is 0.305 e. The van der Waals surface area contributed by atoms with Crippen molar-refractivity contribution >= 4 is 11.9 Å². The second kappa shape index (κ2) is 48.3. The minimum absolute atomic E-state index is 0.0322. The van der Waals surface area contributed by atoms with Gasteiger partial charge in [-0.05, 0) is 51.4 Å². The number of aliphatic hydroxyl groups excluding tert-OH is 2. The van der Waals surface area contributed by atoms with E-state index in [0.717, 1.165) is 77.0 Å². The zero-order chi connectivity index (χ0) is 42.3. The predicted octanol–water partition coefficient (Wildman–Crippen LogP) is 15.3. The third-order valence-corrected chi connectivity index (χ3v) is 12.1. The van der Waals surface area contributed by atoms with Gasteiger partial charge in [0.1, 0.15) is 0 Å². The Morgan fingerprint density at radius 2 is 0.810 bits per heavy atom. The Labute approximate surface area is 361 Å². The molecular weight excluding hydrogens is 719 g/mol. The van der Waals surface area contributed by atoms with E-state index in [-0.39, 0.29) is 18.5 Å². The molecule has 2 atom stereocenters. The van der Waals surface area contributed by atoms with Gasteiger partial charge in [0.05, 0.1) is 25.4 Å². The van der Waals surface area contributed by atoms with Gasteiger partial charge in [-0.2, -0.15) is 0 Å². The SMILES string of the molecule is CCCCCCCCCCCCCCCCCCCC(=O)OCCCC/C=C\CCCCCCC(=O)NC(CO)C(O)CCCCCCCCCCCCCCCC. The lowest BCUT2D eigenvalue weighted by Crippen LogP contribution is -2.45. The van der Waals surface area contributed by atoms with Crippen molar-refractivity contribution in [1.82, 2.24) is 5.32 Å². The molecule has 0 spiro atoms. The molecule has 0 radical (unpaired) electrons. The van der Waals surface area contributed by atoms with Crippen molar-refractivity contribution in [3.8, 4) is 0 Å². The molecular formula is C52H101NO5. The topological polar surface area (TPSA) is 95.9 Å². The van der Waals surface area contributed by atoms with Gasteiger partial charge in [0.2, 0.25) is 5.91 Å². The highest BCUT2D eigenvalue weighted by molar-refractivity contribution is 5.76. The fourth-order valence-electron chi connectivity index (χ4n) is 8.05. The number of hydrogen-bond acceptors (Lipinski definition) is 5. The largest absolute Gasteiger partial charge is 0.466 e. The fourth-order valence-corrected chi connectivity index (χ4v) is 8.05. The van der Waals surface area contributed by atoms with Gasteiger partial charge in [-0.15, -0.1) is 0 Å². The van der Waals surface area contributed by atoms with Gasteiger partial charge in [-0.3, -0.25) is 9.59 Å². The lowest BCUT2D eigenvalue weighted by molar-refractivity contribution is -0.143. The molecule has 6 nitrogen and oxygen atoms in total. The Bertz CT molecular complexity index is 863. The Kier molecular flexibility index (Phi) is 47.1. The standard InChI is InChI=1S/C52H101NO5/c1-3-5-7-9-11-13-15-17-19-20-21-23-25-30-34-38-42-46-52(57)58-47-43-39-35-31-27-26-29-33-37-41-45-51(56)53-49(48-54)50(55)44-40-36-32-28-24-22-18-16-14-12-10-8-6-4-2/h27,31,49-50,54-55H,3-26,28-30,32-48H2,1-2H3,(H,53,56)/b31-27-. The van der Waals surface area contributed by atoms with Crippen molar-refractivity contribution in [3.05, 3.63) is 12.2 Å². The van der Waals surface area contributed by atoms with E-state index in [0.29, 0.717) is 25.9 Å². The van der Waals surface area contributed by atoms with Gasteiger partial charge < -0.3 is 20.3 Å². The molecule has 0 saturated heterocycles. The quantitative estimate of drug-likeness (QED) is 0.0323. The van der Waals surface area contributed by atoms with Crippen molar-refractivity contribution in [1.29, 1.82) is 0 Å². The molecule has 58 heavy (non-hydrogen) atoms. The van der Waals surface area contributed by atoms with E-state index < -0.39 is 12.1 Å². The number of ether oxygens (including phenoxy) is 1. The van der Waals surface area contributed by atoms with E-state index in [9.17, 15) is 19.8 Å². The highest BCUT2D eigenvalue weighted by Crippen LogP contribution is 2.17. The van der Waals surface area contributed by atoms with Crippen LogP contribution < -0.4 is 5.32 Å². The number of aliphatic hydroxyl groups is 2. The number of nitrogens with one attached hydrogen (secondary N) is 1. The highest BCUT2D eigenvalue weighted by Gasteiger charge is 2.20. The van der Waals surface area contributed by atoms with Crippen LogP contribution in [0.4, 0.5) is 0 Å². The number of amides is 1. The Morgan fingerprint density at radius 3 is 1.22 bits per heavy atom. The van der Waals surface area contributed by atoms with Crippen LogP contribution in [0.1, 0.15) is 284 Å². The molecule has 6 heteroatoms. The van der Waals surface area contributed by atoms with Crippen LogP contribution in [0.15, 0.2) is 12.2 Å². The summed E-state index contributed by atoms with van der Waals surface area (Å²) in [6.45, 7) is 4.88. The summed E-state index contributed by atoms with van der Waals surface area (Å²) in [6.07, 6.45) is 54.7. The minimum Gasteiger partial charge on any atom is -0.466 e. The first-order chi connectivity index (χ1) is 28.5. The summed E-state index contributed by atoms with van der Waals surface area (Å²) >= 11 is 0. The summed E-state index contributed by atoms with van der Waals surface area (Å²) in [5.41, 5.74) is 0. The third-order valence-electron chi connectivity index (χ3n) is 12.1. The number of rotatable bonds is 48. The summed E-state index contributed by atoms with van der Waals surface area (Å²) in [5, 5.41) is 23.2. The van der Waals surface area contributed by atoms with E-state index in [1.165, 1.54) is 173 Å². The van der Waals surface area contributed by atoms with Gasteiger partial charge in [0, 0.05) is 12.8 Å². The van der Waals surface area contributed by atoms with Crippen molar-refractivity contribution in [3.63, 3.8) is 0 Å². The van der Waals surface area contributed by atoms with E-state index in [1.54, 1.807) is 0 Å². The van der Waals surface area contributed by atoms with E-state index in [1.807, 2.05) is 0 Å². The van der Waals surface area contributed by atoms with Gasteiger partial charge in [0.25, 0.3) is 0 Å². The number of carbonyl (C=O) groups is 2. The van der Waals surface area contributed by atoms with Crippen molar-refractivity contribution in [2.75, 3.05) is 13.2 Å². The zero-order valence-electron chi connectivity index (χ0n) is 39.0. The number of unbranched alkanes of at least 4 members (excludes halogenated alkanes) is 35. The van der Waals surface area contributed by atoms with Gasteiger partial charge in [-0.1, -0.05) is 231 Å². The van der Waals surface area contributed by atoms with Crippen LogP contribution in [0, 0.1) is 0 Å². The van der Waals surface area contributed by atoms with E-state index >= 15 is 0 Å². The van der Waals surface area contributed by atoms with Crippen LogP contribution in [0.2, 0.25) is 0 Å². The number of allylic oxidation sites excluding steroid dienone is 2. The third kappa shape index (κ3) is 44.2. The first kappa shape index (κ1) is 56.6. The highest BCUT2D eigenvalue weighted by atomic mass is 16.5. The number of carbonyl (C=O) groups excluding carboxylic acids is 2. The van der Waals surface area contributed by atoms with Crippen LogP contribution in [-0.2, 0) is 14.3 Å². The second-order valence-electron chi connectivity index (χ2n) is 17.9. The molecule has 0 bridgehead atoms. The Balaban J connectivity index is 3.50. The molecule has 3 N–H and O–H groups in total. The zero-order valence-corrected chi connectivity index (χ0v) is 39.0. The molecule has 0 aliphatic rings. The lowest BCUT2D eigenvalue weighted by Gasteiger charge is -2.22. The first-order valence-electron chi connectivity index (χ1n) is 25.9. The maximum absolute atomic E-state index is 12.4. The Hall–Kier alpha value is -1.40. The average molecular weight is 820 g/mol. The van der Waals surface area contributed by atoms with E-state index in [2.05, 4.69) is 31.3 Å². The average Bonchev–Trinajstić information content (AvgIpc) is 3.22. The molecule has 0 aliphatic carbocycles. The van der Waals surface area contributed by atoms with E-state index in [4.69, 9.17) is 4.74 Å². The molecule has 0 saturated carbocycles. The molecule has 0 aromatic rings. The van der Waals surface area contributed by atoms with Crippen molar-refractivity contribution < 1.29 is 24.5 Å². The minimum atomic E-state index is -0.684. The molecule has 0 aromatic carbocycles. The predicted molar refractivity (Wildman–Crippen MR) is 250 cm³/mol. The van der Waals surface area contributed by atoms with Gasteiger partial charge in [0.15, 0.2) is 0 Å². The van der Waals surface area contributed by atoms with Crippen LogP contribution >= 0.6 is 0 Å². The molecule has 1 amide bonds. The van der Waals surface area contributed by atoms with Gasteiger partial charge in [-0.25, -0.2) is 0 Å². The number of esters is 1. The second-order valence-corrected chi connectivity index (χ2v) is 17.9. The molecule has 0 fully saturated rings. The van der Waals surface area contributed by atoms with Crippen LogP contribution in [0.25, 0.3) is 0 Å². The molecule has 344 valence electrons. The molecule has 0 aromatic heterocycles. The van der Waals surface area contributed by atoms with Crippen LogP contribution in [0.3, 0.4) is 0 Å². The molecule has 2 unspecified atom stereocenters. The summed E-state index contributed by atoms with van der Waals surface area (Å²) in [6, 6.07) is -0.565. The summed E-state index contributed by atoms with van der Waals surface area (Å²) < 4.78 is 5.44. The van der Waals surface area contributed by atoms with Crippen LogP contribution in [-0.4, -0.2) is 47.4 Å². The molecule has 0 rings (SSSR count). The molecule has 0 heterocycles. The normalized spacial score (nSPS) is 12.7. The monoisotopic (exact) mass is 820 g/mol. The maximum atomic E-state index is 12.4. The van der Waals surface area contributed by atoms with Crippen molar-refractivity contribution in [2.24, 2.45) is 0 Å². The fraction of sp³-hybridized carbons (Fsp3) is 0.923. The maximum Gasteiger partial charge on any atom is 0.305 e. The first-order valence-corrected chi connectivity index (χ1v) is 25.9. The summed E-state index contributed by atoms with van der Waals surface area (Å²) in [5.74, 6) is -0.102. The summed E-state index contributed by atoms with van der Waals surface area (Å²) in [4.78, 5) is 24.5. The number of hydrogen-bond donors (Lipinski definition) is 3. The molecule has 0 aliphatic heterocycles. The summed E-state index contributed by atoms with van der Waals surface area (Å²) in [7, 11) is 0. The van der Waals surface area contributed by atoms with Gasteiger partial charge >= 0.3 is 5.97 Å².